The first-order chi connectivity index (χ1) is 18.6. The summed E-state index contributed by atoms with van der Waals surface area (Å²) >= 11 is 0. The third-order valence-corrected chi connectivity index (χ3v) is 5.87. The molecule has 4 aromatic rings. The van der Waals surface area contributed by atoms with Crippen LogP contribution in [-0.2, 0) is 10.2 Å². The van der Waals surface area contributed by atoms with Crippen LogP contribution in [0.3, 0.4) is 0 Å². The molecule has 4 rings (SSSR count). The first-order valence-electron chi connectivity index (χ1n) is 12.0. The van der Waals surface area contributed by atoms with Crippen LogP contribution >= 0.6 is 0 Å². The molecule has 0 aliphatic rings. The number of carbonyl (C=O) groups is 2. The standard InChI is InChI=1S/C29H29N3O7/c1-29(2,3)17-14-22(26(36-4)23(15-17)32-28(35)37-5)31-27(34)30-21-10-11-24(20-9-7-6-8-19(20)21)39-18-12-13-38-25(33)16-18/h6-16H,1-5H3,(H,32,35)(H2,30,31,34). The predicted molar refractivity (Wildman–Crippen MR) is 149 cm³/mol. The average Bonchev–Trinajstić information content (AvgIpc) is 2.89. The Morgan fingerprint density at radius 2 is 1.49 bits per heavy atom. The third-order valence-electron chi connectivity index (χ3n) is 5.87. The van der Waals surface area contributed by atoms with Gasteiger partial charge in [-0.2, -0.15) is 0 Å². The minimum atomic E-state index is -0.667. The molecule has 10 heteroatoms. The average molecular weight is 532 g/mol. The van der Waals surface area contributed by atoms with Crippen LogP contribution in [0.4, 0.5) is 26.7 Å². The van der Waals surface area contributed by atoms with Crippen LogP contribution in [0, 0.1) is 0 Å². The highest BCUT2D eigenvalue weighted by Gasteiger charge is 2.22. The van der Waals surface area contributed by atoms with Crippen molar-refractivity contribution in [3.63, 3.8) is 0 Å². The first kappa shape index (κ1) is 27.1. The van der Waals surface area contributed by atoms with Crippen LogP contribution in [0.5, 0.6) is 17.2 Å². The lowest BCUT2D eigenvalue weighted by atomic mass is 9.86. The molecular weight excluding hydrogens is 502 g/mol. The molecule has 3 amide bonds. The molecule has 0 atom stereocenters. The van der Waals surface area contributed by atoms with E-state index in [0.717, 1.165) is 16.3 Å². The van der Waals surface area contributed by atoms with Gasteiger partial charge in [-0.15, -0.1) is 0 Å². The van der Waals surface area contributed by atoms with E-state index in [1.54, 1.807) is 24.3 Å². The highest BCUT2D eigenvalue weighted by atomic mass is 16.5. The van der Waals surface area contributed by atoms with Crippen molar-refractivity contribution in [2.45, 2.75) is 26.2 Å². The zero-order valence-electron chi connectivity index (χ0n) is 22.2. The molecule has 0 saturated carbocycles. The van der Waals surface area contributed by atoms with Gasteiger partial charge in [-0.25, -0.2) is 14.4 Å². The zero-order chi connectivity index (χ0) is 28.2. The van der Waals surface area contributed by atoms with E-state index in [-0.39, 0.29) is 11.2 Å². The molecule has 1 aromatic heterocycles. The number of methoxy groups -OCH3 is 2. The Morgan fingerprint density at radius 1 is 0.821 bits per heavy atom. The summed E-state index contributed by atoms with van der Waals surface area (Å²) in [6.45, 7) is 6.04. The van der Waals surface area contributed by atoms with Gasteiger partial charge >= 0.3 is 17.7 Å². The Bertz CT molecular complexity index is 1590. The summed E-state index contributed by atoms with van der Waals surface area (Å²) in [5.74, 6) is 1.10. The largest absolute Gasteiger partial charge is 0.492 e. The van der Waals surface area contributed by atoms with Crippen molar-refractivity contribution in [2.24, 2.45) is 0 Å². The van der Waals surface area contributed by atoms with Crippen molar-refractivity contribution in [1.82, 2.24) is 0 Å². The fourth-order valence-electron chi connectivity index (χ4n) is 3.93. The van der Waals surface area contributed by atoms with E-state index in [4.69, 9.17) is 18.6 Å². The molecule has 0 aliphatic heterocycles. The number of hydrogen-bond donors (Lipinski definition) is 3. The monoisotopic (exact) mass is 531 g/mol. The third kappa shape index (κ3) is 6.30. The van der Waals surface area contributed by atoms with E-state index >= 15 is 0 Å². The Labute approximate surface area is 224 Å². The summed E-state index contributed by atoms with van der Waals surface area (Å²) in [6, 6.07) is 16.6. The van der Waals surface area contributed by atoms with Crippen molar-refractivity contribution < 1.29 is 28.2 Å². The van der Waals surface area contributed by atoms with Crippen molar-refractivity contribution in [2.75, 3.05) is 30.2 Å². The van der Waals surface area contributed by atoms with E-state index in [2.05, 4.69) is 16.0 Å². The van der Waals surface area contributed by atoms with E-state index in [1.165, 1.54) is 32.6 Å². The van der Waals surface area contributed by atoms with Gasteiger partial charge in [0, 0.05) is 16.8 Å². The van der Waals surface area contributed by atoms with Gasteiger partial charge in [0.2, 0.25) is 0 Å². The van der Waals surface area contributed by atoms with Crippen molar-refractivity contribution in [3.8, 4) is 17.2 Å². The molecule has 202 valence electrons. The van der Waals surface area contributed by atoms with E-state index < -0.39 is 17.7 Å². The minimum absolute atomic E-state index is 0.268. The molecule has 3 N–H and O–H groups in total. The van der Waals surface area contributed by atoms with Gasteiger partial charge in [0.25, 0.3) is 0 Å². The second kappa shape index (κ2) is 11.2. The summed E-state index contributed by atoms with van der Waals surface area (Å²) in [4.78, 5) is 36.7. The molecule has 0 unspecified atom stereocenters. The normalized spacial score (nSPS) is 11.0. The van der Waals surface area contributed by atoms with Gasteiger partial charge in [0.15, 0.2) is 5.75 Å². The number of fused-ring (bicyclic) bond motifs is 1. The fourth-order valence-corrected chi connectivity index (χ4v) is 3.93. The second-order valence-electron chi connectivity index (χ2n) is 9.60. The first-order valence-corrected chi connectivity index (χ1v) is 12.0. The van der Waals surface area contributed by atoms with Crippen molar-refractivity contribution in [3.05, 3.63) is 82.9 Å². The van der Waals surface area contributed by atoms with Gasteiger partial charge in [-0.3, -0.25) is 5.32 Å². The lowest BCUT2D eigenvalue weighted by Gasteiger charge is -2.24. The summed E-state index contributed by atoms with van der Waals surface area (Å²) in [7, 11) is 2.71. The van der Waals surface area contributed by atoms with Gasteiger partial charge in [0.05, 0.1) is 43.6 Å². The van der Waals surface area contributed by atoms with E-state index in [0.29, 0.717) is 28.6 Å². The molecule has 0 bridgehead atoms. The van der Waals surface area contributed by atoms with Crippen LogP contribution in [0.15, 0.2) is 76.1 Å². The molecule has 3 aromatic carbocycles. The lowest BCUT2D eigenvalue weighted by molar-refractivity contribution is 0.187. The maximum Gasteiger partial charge on any atom is 0.411 e. The molecule has 0 fully saturated rings. The Morgan fingerprint density at radius 3 is 2.13 bits per heavy atom. The number of amides is 3. The van der Waals surface area contributed by atoms with Crippen molar-refractivity contribution >= 4 is 40.0 Å². The van der Waals surface area contributed by atoms with E-state index in [9.17, 15) is 14.4 Å². The number of rotatable bonds is 6. The van der Waals surface area contributed by atoms with Crippen LogP contribution in [0.2, 0.25) is 0 Å². The Hall–Kier alpha value is -4.99. The predicted octanol–water partition coefficient (Wildman–Crippen LogP) is 6.71. The maximum absolute atomic E-state index is 13.2. The number of benzene rings is 3. The highest BCUT2D eigenvalue weighted by molar-refractivity contribution is 6.08. The minimum Gasteiger partial charge on any atom is -0.492 e. The number of anilines is 3. The molecule has 0 saturated heterocycles. The molecule has 1 heterocycles. The zero-order valence-corrected chi connectivity index (χ0v) is 22.2. The highest BCUT2D eigenvalue weighted by Crippen LogP contribution is 2.39. The molecule has 0 radical (unpaired) electrons. The topological polar surface area (TPSA) is 128 Å². The van der Waals surface area contributed by atoms with Crippen LogP contribution in [0.25, 0.3) is 10.8 Å². The second-order valence-corrected chi connectivity index (χ2v) is 9.60. The Balaban J connectivity index is 1.65. The Kier molecular flexibility index (Phi) is 7.75. The number of ether oxygens (including phenoxy) is 3. The molecule has 0 aliphatic carbocycles. The van der Waals surface area contributed by atoms with Gasteiger partial charge < -0.3 is 29.3 Å². The number of carbonyl (C=O) groups excluding carboxylic acids is 2. The maximum atomic E-state index is 13.2. The number of nitrogens with one attached hydrogen (secondary N) is 3. The SMILES string of the molecule is COC(=O)Nc1cc(C(C)(C)C)cc(NC(=O)Nc2ccc(Oc3ccoc(=O)c3)c3ccccc23)c1OC. The molecule has 0 spiro atoms. The van der Waals surface area contributed by atoms with E-state index in [1.807, 2.05) is 45.0 Å². The molecular formula is C29H29N3O7. The van der Waals surface area contributed by atoms with Crippen molar-refractivity contribution in [1.29, 1.82) is 0 Å². The van der Waals surface area contributed by atoms with Gasteiger partial charge in [0.1, 0.15) is 11.5 Å². The molecule has 39 heavy (non-hydrogen) atoms. The smallest absolute Gasteiger partial charge is 0.411 e. The van der Waals surface area contributed by atoms with Gasteiger partial charge in [-0.05, 0) is 35.2 Å². The summed E-state index contributed by atoms with van der Waals surface area (Å²) in [6.07, 6.45) is 0.592. The lowest BCUT2D eigenvalue weighted by Crippen LogP contribution is -2.22. The molecule has 10 nitrogen and oxygen atoms in total. The van der Waals surface area contributed by atoms with Crippen LogP contribution in [-0.4, -0.2) is 26.3 Å². The van der Waals surface area contributed by atoms with Crippen LogP contribution < -0.4 is 31.0 Å². The number of hydrogen-bond acceptors (Lipinski definition) is 7. The summed E-state index contributed by atoms with van der Waals surface area (Å²) in [5, 5.41) is 9.80. The quantitative estimate of drug-likeness (QED) is 0.252. The van der Waals surface area contributed by atoms with Crippen LogP contribution in [0.1, 0.15) is 26.3 Å². The summed E-state index contributed by atoms with van der Waals surface area (Å²) < 4.78 is 20.9. The fraction of sp³-hybridized carbons (Fsp3) is 0.207. The summed E-state index contributed by atoms with van der Waals surface area (Å²) in [5.41, 5.74) is 1.28. The van der Waals surface area contributed by atoms with Gasteiger partial charge in [-0.1, -0.05) is 45.0 Å². The number of urea groups is 1.